The maximum absolute atomic E-state index is 12.0. The second kappa shape index (κ2) is 6.16. The molecule has 1 fully saturated rings. The summed E-state index contributed by atoms with van der Waals surface area (Å²) in [6, 6.07) is 0. The van der Waals surface area contributed by atoms with Crippen molar-refractivity contribution in [1.29, 1.82) is 0 Å². The van der Waals surface area contributed by atoms with E-state index in [0.29, 0.717) is 6.54 Å². The van der Waals surface area contributed by atoms with Crippen molar-refractivity contribution < 1.29 is 14.7 Å². The molecule has 0 bridgehead atoms. The summed E-state index contributed by atoms with van der Waals surface area (Å²) in [6.45, 7) is 5.99. The molecule has 0 radical (unpaired) electrons. The Hall–Kier alpha value is -0.710. The van der Waals surface area contributed by atoms with E-state index in [1.807, 2.05) is 13.8 Å². The Balaban J connectivity index is 2.52. The number of carboxylic acids is 1. The van der Waals surface area contributed by atoms with Gasteiger partial charge in [0.1, 0.15) is 0 Å². The van der Waals surface area contributed by atoms with Crippen LogP contribution in [0.25, 0.3) is 0 Å². The van der Waals surface area contributed by atoms with Crippen molar-refractivity contribution in [3.8, 4) is 0 Å². The van der Waals surface area contributed by atoms with E-state index in [4.69, 9.17) is 0 Å². The normalized spacial score (nSPS) is 20.5. The van der Waals surface area contributed by atoms with E-state index in [9.17, 15) is 14.7 Å². The summed E-state index contributed by atoms with van der Waals surface area (Å²) in [6.07, 6.45) is 5.60. The molecule has 1 aliphatic rings. The van der Waals surface area contributed by atoms with Crippen molar-refractivity contribution >= 4 is 23.6 Å². The molecule has 0 saturated heterocycles. The highest BCUT2D eigenvalue weighted by molar-refractivity contribution is 8.00. The molecule has 0 aromatic carbocycles. The number of thioether (sulfide) groups is 1. The molecule has 5 heteroatoms. The summed E-state index contributed by atoms with van der Waals surface area (Å²) < 4.78 is 0.188. The van der Waals surface area contributed by atoms with Crippen molar-refractivity contribution in [1.82, 2.24) is 5.32 Å². The average molecular weight is 287 g/mol. The maximum atomic E-state index is 12.0. The Labute approximate surface area is 119 Å². The van der Waals surface area contributed by atoms with Crippen molar-refractivity contribution in [3.63, 3.8) is 0 Å². The Morgan fingerprint density at radius 3 is 2.32 bits per heavy atom. The van der Waals surface area contributed by atoms with E-state index in [1.54, 1.807) is 18.7 Å². The number of aliphatic carboxylic acids is 1. The van der Waals surface area contributed by atoms with Gasteiger partial charge >= 0.3 is 5.97 Å². The number of amides is 1. The predicted molar refractivity (Wildman–Crippen MR) is 78.3 cm³/mol. The van der Waals surface area contributed by atoms with Crippen LogP contribution in [0.15, 0.2) is 0 Å². The summed E-state index contributed by atoms with van der Waals surface area (Å²) in [7, 11) is 0. The minimum absolute atomic E-state index is 0.0461. The number of carboxylic acid groups (broad SMARTS) is 1. The van der Waals surface area contributed by atoms with Gasteiger partial charge in [-0.15, -0.1) is 0 Å². The number of carbonyl (C=O) groups is 2. The van der Waals surface area contributed by atoms with Crippen molar-refractivity contribution in [2.45, 2.75) is 51.2 Å². The Morgan fingerprint density at radius 1 is 1.42 bits per heavy atom. The predicted octanol–water partition coefficient (Wildman–Crippen LogP) is 2.53. The van der Waals surface area contributed by atoms with Crippen LogP contribution in [0, 0.1) is 11.3 Å². The maximum Gasteiger partial charge on any atom is 0.310 e. The van der Waals surface area contributed by atoms with E-state index < -0.39 is 11.4 Å². The molecule has 19 heavy (non-hydrogen) atoms. The zero-order valence-corrected chi connectivity index (χ0v) is 13.1. The molecule has 1 saturated carbocycles. The third-order valence-corrected chi connectivity index (χ3v) is 6.01. The van der Waals surface area contributed by atoms with Gasteiger partial charge in [0.05, 0.1) is 5.41 Å². The van der Waals surface area contributed by atoms with Crippen LogP contribution in [-0.2, 0) is 9.59 Å². The largest absolute Gasteiger partial charge is 0.481 e. The van der Waals surface area contributed by atoms with Crippen LogP contribution in [0.2, 0.25) is 0 Å². The van der Waals surface area contributed by atoms with E-state index in [0.717, 1.165) is 12.8 Å². The van der Waals surface area contributed by atoms with Crippen molar-refractivity contribution in [3.05, 3.63) is 0 Å². The minimum Gasteiger partial charge on any atom is -0.481 e. The fourth-order valence-electron chi connectivity index (χ4n) is 2.21. The highest BCUT2D eigenvalue weighted by Gasteiger charge is 2.40. The fraction of sp³-hybridized carbons (Fsp3) is 0.857. The summed E-state index contributed by atoms with van der Waals surface area (Å²) in [4.78, 5) is 23.3. The topological polar surface area (TPSA) is 66.4 Å². The third kappa shape index (κ3) is 3.65. The van der Waals surface area contributed by atoms with Crippen LogP contribution < -0.4 is 5.32 Å². The first-order valence-corrected chi connectivity index (χ1v) is 8.03. The lowest BCUT2D eigenvalue weighted by Crippen LogP contribution is -2.47. The number of carbonyl (C=O) groups excluding carboxylic acids is 1. The molecule has 1 rings (SSSR count). The minimum atomic E-state index is -0.990. The molecule has 110 valence electrons. The lowest BCUT2D eigenvalue weighted by atomic mass is 9.76. The zero-order chi connectivity index (χ0) is 14.7. The Morgan fingerprint density at radius 2 is 2.00 bits per heavy atom. The summed E-state index contributed by atoms with van der Waals surface area (Å²) in [5.74, 6) is -1.13. The lowest BCUT2D eigenvalue weighted by Gasteiger charge is -2.40. The van der Waals surface area contributed by atoms with E-state index in [-0.39, 0.29) is 23.0 Å². The number of rotatable bonds is 7. The van der Waals surface area contributed by atoms with Crippen LogP contribution >= 0.6 is 11.8 Å². The van der Waals surface area contributed by atoms with Gasteiger partial charge in [-0.2, -0.15) is 11.8 Å². The second-order valence-electron chi connectivity index (χ2n) is 6.07. The highest BCUT2D eigenvalue weighted by atomic mass is 32.2. The number of nitrogens with one attached hydrogen (secondary N) is 1. The van der Waals surface area contributed by atoms with Crippen LogP contribution in [-0.4, -0.2) is 34.5 Å². The van der Waals surface area contributed by atoms with Gasteiger partial charge in [0.15, 0.2) is 0 Å². The first-order valence-electron chi connectivity index (χ1n) is 6.81. The Bertz CT molecular complexity index is 347. The highest BCUT2D eigenvalue weighted by Crippen LogP contribution is 2.42. The van der Waals surface area contributed by atoms with Gasteiger partial charge in [-0.05, 0) is 31.9 Å². The first kappa shape index (κ1) is 16.3. The third-order valence-electron chi connectivity index (χ3n) is 4.60. The van der Waals surface area contributed by atoms with Gasteiger partial charge < -0.3 is 10.4 Å². The summed E-state index contributed by atoms with van der Waals surface area (Å²) in [5, 5.41) is 12.2. The van der Waals surface area contributed by atoms with Gasteiger partial charge in [-0.25, -0.2) is 0 Å². The molecule has 1 unspecified atom stereocenters. The van der Waals surface area contributed by atoms with Gasteiger partial charge in [-0.3, -0.25) is 9.59 Å². The van der Waals surface area contributed by atoms with Crippen LogP contribution in [0.3, 0.4) is 0 Å². The summed E-state index contributed by atoms with van der Waals surface area (Å²) >= 11 is 1.80. The monoisotopic (exact) mass is 287 g/mol. The second-order valence-corrected chi connectivity index (χ2v) is 7.35. The quantitative estimate of drug-likeness (QED) is 0.755. The van der Waals surface area contributed by atoms with Crippen molar-refractivity contribution in [2.24, 2.45) is 11.3 Å². The van der Waals surface area contributed by atoms with E-state index in [2.05, 4.69) is 11.6 Å². The SMILES string of the molecule is CSC1(CNC(=O)CC(C)(C(=O)O)C(C)C)CCC1. The molecular formula is C14H25NO3S. The number of hydrogen-bond donors (Lipinski definition) is 2. The molecule has 0 heterocycles. The molecule has 1 atom stereocenters. The number of hydrogen-bond acceptors (Lipinski definition) is 3. The standard InChI is InChI=1S/C14H25NO3S/c1-10(2)13(3,12(17)18)8-11(16)15-9-14(19-4)6-5-7-14/h10H,5-9H2,1-4H3,(H,15,16)(H,17,18). The van der Waals surface area contributed by atoms with Crippen molar-refractivity contribution in [2.75, 3.05) is 12.8 Å². The van der Waals surface area contributed by atoms with Gasteiger partial charge in [0, 0.05) is 17.7 Å². The molecule has 0 aromatic rings. The van der Waals surface area contributed by atoms with Crippen LogP contribution in [0.1, 0.15) is 46.5 Å². The fourth-order valence-corrected chi connectivity index (χ4v) is 3.12. The van der Waals surface area contributed by atoms with Gasteiger partial charge in [-0.1, -0.05) is 20.3 Å². The molecule has 1 aliphatic carbocycles. The molecule has 0 aliphatic heterocycles. The molecule has 0 aromatic heterocycles. The first-order chi connectivity index (χ1) is 8.76. The van der Waals surface area contributed by atoms with Crippen LogP contribution in [0.5, 0.6) is 0 Å². The molecular weight excluding hydrogens is 262 g/mol. The van der Waals surface area contributed by atoms with E-state index in [1.165, 1.54) is 6.42 Å². The zero-order valence-electron chi connectivity index (χ0n) is 12.3. The van der Waals surface area contributed by atoms with E-state index >= 15 is 0 Å². The molecule has 1 amide bonds. The van der Waals surface area contributed by atoms with Gasteiger partial charge in [0.2, 0.25) is 5.91 Å². The average Bonchev–Trinajstić information content (AvgIpc) is 2.27. The summed E-state index contributed by atoms with van der Waals surface area (Å²) in [5.41, 5.74) is -0.990. The molecule has 4 nitrogen and oxygen atoms in total. The molecule has 0 spiro atoms. The smallest absolute Gasteiger partial charge is 0.310 e. The van der Waals surface area contributed by atoms with Crippen LogP contribution in [0.4, 0.5) is 0 Å². The van der Waals surface area contributed by atoms with Gasteiger partial charge in [0.25, 0.3) is 0 Å². The lowest BCUT2D eigenvalue weighted by molar-refractivity contribution is -0.153. The Kier molecular flexibility index (Phi) is 5.30. The molecule has 2 N–H and O–H groups in total.